The monoisotopic (exact) mass is 355 g/mol. The van der Waals surface area contributed by atoms with Gasteiger partial charge in [0.25, 0.3) is 0 Å². The first kappa shape index (κ1) is 14.7. The maximum Gasteiger partial charge on any atom is 0.410 e. The molecule has 1 aliphatic rings. The van der Waals surface area contributed by atoms with E-state index in [1.165, 1.54) is 4.90 Å². The Kier molecular flexibility index (Phi) is 4.79. The fourth-order valence-electron chi connectivity index (χ4n) is 1.48. The summed E-state index contributed by atoms with van der Waals surface area (Å²) < 4.78 is 5.96. The number of rotatable bonds is 1. The van der Waals surface area contributed by atoms with Crippen molar-refractivity contribution in [3.05, 3.63) is 9.66 Å². The maximum absolute atomic E-state index is 11.9. The maximum atomic E-state index is 11.9. The Bertz CT molecular complexity index is 324. The first-order valence-electron chi connectivity index (χ1n) is 5.40. The molecule has 0 saturated heterocycles. The lowest BCUT2D eigenvalue weighted by Gasteiger charge is -2.35. The van der Waals surface area contributed by atoms with Gasteiger partial charge in [-0.3, -0.25) is 4.90 Å². The zero-order chi connectivity index (χ0) is 13.2. The van der Waals surface area contributed by atoms with Gasteiger partial charge < -0.3 is 14.9 Å². The third-order valence-electron chi connectivity index (χ3n) is 2.25. The van der Waals surface area contributed by atoms with Gasteiger partial charge in [0.1, 0.15) is 11.7 Å². The number of ether oxygens (including phenoxy) is 1. The van der Waals surface area contributed by atoms with Gasteiger partial charge in [-0.2, -0.15) is 0 Å². The van der Waals surface area contributed by atoms with Crippen LogP contribution in [0, 0.1) is 0 Å². The first-order valence-corrected chi connectivity index (χ1v) is 6.48. The average Bonchev–Trinajstić information content (AvgIpc) is 2.18. The van der Waals surface area contributed by atoms with E-state index in [1.54, 1.807) is 26.8 Å². The molecule has 0 aromatic carbocycles. The summed E-state index contributed by atoms with van der Waals surface area (Å²) in [6, 6.07) is -0.430. The molecule has 6 heteroatoms. The molecule has 0 spiro atoms. The van der Waals surface area contributed by atoms with E-state index in [0.29, 0.717) is 0 Å². The van der Waals surface area contributed by atoms with Gasteiger partial charge in [-0.1, -0.05) is 0 Å². The molecule has 0 saturated carbocycles. The molecule has 0 aromatic rings. The van der Waals surface area contributed by atoms with E-state index in [9.17, 15) is 15.0 Å². The molecule has 1 rings (SSSR count). The molecular weight excluding hydrogens is 337 g/mol. The summed E-state index contributed by atoms with van der Waals surface area (Å²) in [5.41, 5.74) is -0.587. The zero-order valence-corrected chi connectivity index (χ0v) is 12.3. The van der Waals surface area contributed by atoms with Crippen LogP contribution in [-0.2, 0) is 4.74 Å². The molecule has 0 unspecified atom stereocenters. The van der Waals surface area contributed by atoms with Gasteiger partial charge in [0.05, 0.1) is 19.2 Å². The zero-order valence-electron chi connectivity index (χ0n) is 10.2. The molecule has 0 bridgehead atoms. The Labute approximate surface area is 115 Å². The fraction of sp³-hybridized carbons (Fsp3) is 0.727. The molecule has 2 N–H and O–H groups in total. The topological polar surface area (TPSA) is 70.0 Å². The quantitative estimate of drug-likeness (QED) is 0.696. The van der Waals surface area contributed by atoms with Crippen LogP contribution in [-0.4, -0.2) is 52.1 Å². The van der Waals surface area contributed by atoms with Gasteiger partial charge in [-0.05, 0) is 49.4 Å². The molecule has 2 atom stereocenters. The van der Waals surface area contributed by atoms with Gasteiger partial charge in [0.15, 0.2) is 0 Å². The van der Waals surface area contributed by atoms with Crippen molar-refractivity contribution >= 4 is 28.7 Å². The van der Waals surface area contributed by atoms with Crippen LogP contribution in [0.1, 0.15) is 20.8 Å². The average molecular weight is 355 g/mol. The smallest absolute Gasteiger partial charge is 0.410 e. The SMILES string of the molecule is CC(C)(C)OC(=O)N1C[C@@H](O)C(I)=C[C@H]1CO. The van der Waals surface area contributed by atoms with Crippen LogP contribution in [0.3, 0.4) is 0 Å². The van der Waals surface area contributed by atoms with Crippen molar-refractivity contribution in [2.24, 2.45) is 0 Å². The highest BCUT2D eigenvalue weighted by Gasteiger charge is 2.32. The van der Waals surface area contributed by atoms with Gasteiger partial charge in [0, 0.05) is 3.58 Å². The van der Waals surface area contributed by atoms with Crippen LogP contribution >= 0.6 is 22.6 Å². The molecule has 0 fully saturated rings. The molecule has 98 valence electrons. The predicted molar refractivity (Wildman–Crippen MR) is 71.9 cm³/mol. The lowest BCUT2D eigenvalue weighted by molar-refractivity contribution is 0.00341. The van der Waals surface area contributed by atoms with E-state index < -0.39 is 23.8 Å². The van der Waals surface area contributed by atoms with Crippen molar-refractivity contribution in [2.75, 3.05) is 13.2 Å². The standard InChI is InChI=1S/C11H18INO4/c1-11(2,3)17-10(16)13-5-9(15)8(12)4-7(13)6-14/h4,7,9,14-15H,5-6H2,1-3H3/t7-,9+/m0/s1. The molecule has 0 radical (unpaired) electrons. The highest BCUT2D eigenvalue weighted by atomic mass is 127. The number of amides is 1. The Hall–Kier alpha value is -0.340. The first-order chi connectivity index (χ1) is 7.74. The van der Waals surface area contributed by atoms with Gasteiger partial charge in [-0.15, -0.1) is 0 Å². The van der Waals surface area contributed by atoms with Gasteiger partial charge in [-0.25, -0.2) is 4.79 Å². The summed E-state index contributed by atoms with van der Waals surface area (Å²) in [6.07, 6.45) is 0.459. The molecule has 1 amide bonds. The van der Waals surface area contributed by atoms with Crippen LogP contribution in [0.4, 0.5) is 4.79 Å². The van der Waals surface area contributed by atoms with Crippen LogP contribution in [0.5, 0.6) is 0 Å². The van der Waals surface area contributed by atoms with Crippen molar-refractivity contribution in [3.63, 3.8) is 0 Å². The van der Waals surface area contributed by atoms with Crippen molar-refractivity contribution < 1.29 is 19.7 Å². The minimum atomic E-state index is -0.703. The van der Waals surface area contributed by atoms with Crippen molar-refractivity contribution in [1.82, 2.24) is 4.90 Å². The summed E-state index contributed by atoms with van der Waals surface area (Å²) in [4.78, 5) is 13.2. The fourth-order valence-corrected chi connectivity index (χ4v) is 2.09. The number of hydrogen-bond acceptors (Lipinski definition) is 4. The Morgan fingerprint density at radius 1 is 1.65 bits per heavy atom. The van der Waals surface area contributed by atoms with E-state index >= 15 is 0 Å². The van der Waals surface area contributed by atoms with Crippen LogP contribution in [0.2, 0.25) is 0 Å². The van der Waals surface area contributed by atoms with Gasteiger partial charge in [0.2, 0.25) is 0 Å². The van der Waals surface area contributed by atoms with Crippen molar-refractivity contribution in [1.29, 1.82) is 0 Å². The number of carbonyl (C=O) groups is 1. The van der Waals surface area contributed by atoms with Crippen molar-refractivity contribution in [2.45, 2.75) is 38.5 Å². The van der Waals surface area contributed by atoms with E-state index in [0.717, 1.165) is 3.58 Å². The second-order valence-electron chi connectivity index (χ2n) is 4.95. The number of aliphatic hydroxyl groups excluding tert-OH is 2. The molecule has 1 heterocycles. The van der Waals surface area contributed by atoms with Gasteiger partial charge >= 0.3 is 6.09 Å². The van der Waals surface area contributed by atoms with Crippen LogP contribution in [0.15, 0.2) is 9.66 Å². The molecule has 0 aliphatic carbocycles. The van der Waals surface area contributed by atoms with E-state index in [1.807, 2.05) is 22.6 Å². The summed E-state index contributed by atoms with van der Waals surface area (Å²) in [7, 11) is 0. The molecule has 1 aliphatic heterocycles. The number of aliphatic hydroxyl groups is 2. The molecule has 17 heavy (non-hydrogen) atoms. The second-order valence-corrected chi connectivity index (χ2v) is 6.20. The Morgan fingerprint density at radius 2 is 2.24 bits per heavy atom. The van der Waals surface area contributed by atoms with E-state index in [2.05, 4.69) is 0 Å². The van der Waals surface area contributed by atoms with E-state index in [4.69, 9.17) is 4.74 Å². The highest BCUT2D eigenvalue weighted by molar-refractivity contribution is 14.1. The third-order valence-corrected chi connectivity index (χ3v) is 3.33. The molecule has 0 aromatic heterocycles. The lowest BCUT2D eigenvalue weighted by atomic mass is 10.1. The minimum Gasteiger partial charge on any atom is -0.444 e. The lowest BCUT2D eigenvalue weighted by Crippen LogP contribution is -2.50. The van der Waals surface area contributed by atoms with E-state index in [-0.39, 0.29) is 13.2 Å². The summed E-state index contributed by atoms with van der Waals surface area (Å²) in [6.45, 7) is 5.30. The summed E-state index contributed by atoms with van der Waals surface area (Å²) >= 11 is 2.00. The Balaban J connectivity index is 2.79. The van der Waals surface area contributed by atoms with Crippen LogP contribution < -0.4 is 0 Å². The second kappa shape index (κ2) is 5.53. The number of hydrogen-bond donors (Lipinski definition) is 2. The molecule has 5 nitrogen and oxygen atoms in total. The number of nitrogens with zero attached hydrogens (tertiary/aromatic N) is 1. The summed E-state index contributed by atoms with van der Waals surface area (Å²) in [5, 5.41) is 18.9. The van der Waals surface area contributed by atoms with Crippen molar-refractivity contribution in [3.8, 4) is 0 Å². The summed E-state index contributed by atoms with van der Waals surface area (Å²) in [5.74, 6) is 0. The highest BCUT2D eigenvalue weighted by Crippen LogP contribution is 2.23. The number of carbonyl (C=O) groups excluding carboxylic acids is 1. The predicted octanol–water partition coefficient (Wildman–Crippen LogP) is 1.28. The third kappa shape index (κ3) is 4.11. The normalized spacial score (nSPS) is 25.5. The molecular formula is C11H18INO4. The largest absolute Gasteiger partial charge is 0.444 e. The number of β-amino-alcohol motifs (C(OH)–C–C–N with tert-alkyl or cyclic N) is 1. The minimum absolute atomic E-state index is 0.148. The van der Waals surface area contributed by atoms with Crippen LogP contribution in [0.25, 0.3) is 0 Å². The number of halogens is 1. The Morgan fingerprint density at radius 3 is 2.71 bits per heavy atom.